The molecule has 0 aliphatic carbocycles. The van der Waals surface area contributed by atoms with Gasteiger partial charge in [-0.05, 0) is 30.7 Å². The molecule has 3 nitrogen and oxygen atoms in total. The van der Waals surface area contributed by atoms with Crippen molar-refractivity contribution in [2.24, 2.45) is 11.3 Å². The van der Waals surface area contributed by atoms with Crippen molar-refractivity contribution in [2.45, 2.75) is 59.4 Å². The van der Waals surface area contributed by atoms with Gasteiger partial charge in [-0.1, -0.05) is 40.5 Å². The third kappa shape index (κ3) is 5.07. The van der Waals surface area contributed by atoms with Gasteiger partial charge in [0.05, 0.1) is 6.04 Å². The molecular formula is C14H28N2O. The molecule has 17 heavy (non-hydrogen) atoms. The van der Waals surface area contributed by atoms with Gasteiger partial charge in [-0.3, -0.25) is 4.79 Å². The monoisotopic (exact) mass is 240 g/mol. The summed E-state index contributed by atoms with van der Waals surface area (Å²) in [5, 5.41) is 6.42. The summed E-state index contributed by atoms with van der Waals surface area (Å²) in [5.41, 5.74) is 0.254. The fraction of sp³-hybridized carbons (Fsp3) is 0.929. The van der Waals surface area contributed by atoms with Crippen molar-refractivity contribution in [1.29, 1.82) is 0 Å². The maximum atomic E-state index is 12.0. The van der Waals surface area contributed by atoms with Crippen LogP contribution in [0.25, 0.3) is 0 Å². The van der Waals surface area contributed by atoms with Crippen LogP contribution in [0.4, 0.5) is 0 Å². The second kappa shape index (κ2) is 6.39. The summed E-state index contributed by atoms with van der Waals surface area (Å²) in [6.45, 7) is 10.6. The second-order valence-corrected chi connectivity index (χ2v) is 6.37. The minimum atomic E-state index is 0.0321. The van der Waals surface area contributed by atoms with E-state index in [0.29, 0.717) is 5.92 Å². The molecule has 0 radical (unpaired) electrons. The average molecular weight is 240 g/mol. The largest absolute Gasteiger partial charge is 0.354 e. The summed E-state index contributed by atoms with van der Waals surface area (Å²) in [6, 6.07) is 0.0321. The van der Waals surface area contributed by atoms with Crippen LogP contribution >= 0.6 is 0 Å². The number of hydrogen-bond donors (Lipinski definition) is 2. The second-order valence-electron chi connectivity index (χ2n) is 6.37. The first-order valence-corrected chi connectivity index (χ1v) is 6.92. The molecule has 1 heterocycles. The van der Waals surface area contributed by atoms with E-state index in [1.54, 1.807) is 0 Å². The van der Waals surface area contributed by atoms with Gasteiger partial charge in [-0.15, -0.1) is 0 Å². The zero-order valence-electron chi connectivity index (χ0n) is 11.8. The summed E-state index contributed by atoms with van der Waals surface area (Å²) in [4.78, 5) is 12.0. The Kier molecular flexibility index (Phi) is 5.44. The summed E-state index contributed by atoms with van der Waals surface area (Å²) < 4.78 is 0. The molecule has 2 atom stereocenters. The van der Waals surface area contributed by atoms with Crippen LogP contribution in [0.15, 0.2) is 0 Å². The molecule has 0 aromatic heterocycles. The van der Waals surface area contributed by atoms with Gasteiger partial charge in [0.15, 0.2) is 0 Å². The first kappa shape index (κ1) is 14.5. The van der Waals surface area contributed by atoms with E-state index in [-0.39, 0.29) is 17.4 Å². The smallest absolute Gasteiger partial charge is 0.237 e. The summed E-state index contributed by atoms with van der Waals surface area (Å²) >= 11 is 0. The molecule has 2 N–H and O–H groups in total. The lowest BCUT2D eigenvalue weighted by atomic mass is 9.82. The average Bonchev–Trinajstić information content (AvgIpc) is 2.52. The Bertz CT molecular complexity index is 237. The highest BCUT2D eigenvalue weighted by molar-refractivity contribution is 5.81. The van der Waals surface area contributed by atoms with E-state index in [1.807, 2.05) is 0 Å². The molecule has 0 aromatic carbocycles. The lowest BCUT2D eigenvalue weighted by molar-refractivity contribution is -0.123. The van der Waals surface area contributed by atoms with Gasteiger partial charge in [-0.25, -0.2) is 0 Å². The van der Waals surface area contributed by atoms with E-state index in [2.05, 4.69) is 38.3 Å². The molecule has 1 fully saturated rings. The summed E-state index contributed by atoms with van der Waals surface area (Å²) in [7, 11) is 0. The fourth-order valence-corrected chi connectivity index (χ4v) is 1.94. The Labute approximate surface area is 106 Å². The number of carbonyl (C=O) groups excluding carboxylic acids is 1. The van der Waals surface area contributed by atoms with Crippen LogP contribution in [-0.4, -0.2) is 25.0 Å². The van der Waals surface area contributed by atoms with Gasteiger partial charge in [0.2, 0.25) is 5.91 Å². The first-order chi connectivity index (χ1) is 7.91. The van der Waals surface area contributed by atoms with Crippen molar-refractivity contribution < 1.29 is 4.79 Å². The van der Waals surface area contributed by atoms with E-state index in [9.17, 15) is 4.79 Å². The zero-order valence-corrected chi connectivity index (χ0v) is 11.8. The van der Waals surface area contributed by atoms with Crippen LogP contribution in [0.5, 0.6) is 0 Å². The fourth-order valence-electron chi connectivity index (χ4n) is 1.94. The molecule has 1 saturated heterocycles. The lowest BCUT2D eigenvalue weighted by Crippen LogP contribution is -2.45. The Hall–Kier alpha value is -0.570. The van der Waals surface area contributed by atoms with E-state index in [1.165, 1.54) is 19.3 Å². The maximum absolute atomic E-state index is 12.0. The minimum Gasteiger partial charge on any atom is -0.354 e. The van der Waals surface area contributed by atoms with Crippen LogP contribution in [0.3, 0.4) is 0 Å². The molecule has 1 amide bonds. The van der Waals surface area contributed by atoms with E-state index in [4.69, 9.17) is 0 Å². The van der Waals surface area contributed by atoms with Crippen molar-refractivity contribution >= 4 is 5.91 Å². The molecule has 2 unspecified atom stereocenters. The molecule has 3 heteroatoms. The van der Waals surface area contributed by atoms with Crippen LogP contribution in [0, 0.1) is 11.3 Å². The van der Waals surface area contributed by atoms with Crippen molar-refractivity contribution in [3.8, 4) is 0 Å². The number of carbonyl (C=O) groups is 1. The normalized spacial score (nSPS) is 23.9. The molecule has 0 aromatic rings. The van der Waals surface area contributed by atoms with Crippen LogP contribution in [0.2, 0.25) is 0 Å². The van der Waals surface area contributed by atoms with Crippen molar-refractivity contribution in [2.75, 3.05) is 13.1 Å². The minimum absolute atomic E-state index is 0.0321. The highest BCUT2D eigenvalue weighted by Gasteiger charge is 2.23. The third-order valence-electron chi connectivity index (χ3n) is 3.94. The quantitative estimate of drug-likeness (QED) is 0.795. The Morgan fingerprint density at radius 2 is 2.06 bits per heavy atom. The van der Waals surface area contributed by atoms with E-state index >= 15 is 0 Å². The van der Waals surface area contributed by atoms with Crippen LogP contribution < -0.4 is 10.6 Å². The molecule has 0 saturated carbocycles. The molecule has 1 aliphatic heterocycles. The Morgan fingerprint density at radius 3 is 2.71 bits per heavy atom. The van der Waals surface area contributed by atoms with Gasteiger partial charge in [0.1, 0.15) is 0 Å². The van der Waals surface area contributed by atoms with Gasteiger partial charge in [0.25, 0.3) is 0 Å². The summed E-state index contributed by atoms with van der Waals surface area (Å²) in [5.74, 6) is 0.681. The van der Waals surface area contributed by atoms with Gasteiger partial charge in [-0.2, -0.15) is 0 Å². The Balaban J connectivity index is 2.33. The highest BCUT2D eigenvalue weighted by atomic mass is 16.2. The number of hydrogen-bond acceptors (Lipinski definition) is 2. The van der Waals surface area contributed by atoms with Crippen molar-refractivity contribution in [3.63, 3.8) is 0 Å². The van der Waals surface area contributed by atoms with E-state index in [0.717, 1.165) is 19.5 Å². The topological polar surface area (TPSA) is 41.1 Å². The Morgan fingerprint density at radius 1 is 1.35 bits per heavy atom. The van der Waals surface area contributed by atoms with Crippen molar-refractivity contribution in [3.05, 3.63) is 0 Å². The van der Waals surface area contributed by atoms with Crippen LogP contribution in [0.1, 0.15) is 53.4 Å². The molecule has 100 valence electrons. The maximum Gasteiger partial charge on any atom is 0.237 e. The molecule has 1 rings (SSSR count). The molecule has 0 spiro atoms. The SMILES string of the molecule is CC(CNC(=O)C1CCCCCN1)C(C)(C)C. The predicted octanol–water partition coefficient (Wildman–Crippen LogP) is 2.32. The van der Waals surface area contributed by atoms with Gasteiger partial charge < -0.3 is 10.6 Å². The number of nitrogens with one attached hydrogen (secondary N) is 2. The van der Waals surface area contributed by atoms with Crippen LogP contribution in [-0.2, 0) is 4.79 Å². The van der Waals surface area contributed by atoms with Gasteiger partial charge >= 0.3 is 0 Å². The lowest BCUT2D eigenvalue weighted by Gasteiger charge is -2.28. The molecule has 1 aliphatic rings. The zero-order chi connectivity index (χ0) is 12.9. The standard InChI is InChI=1S/C14H28N2O/c1-11(14(2,3)4)10-16-13(17)12-8-6-5-7-9-15-12/h11-12,15H,5-10H2,1-4H3,(H,16,17). The number of rotatable bonds is 3. The first-order valence-electron chi connectivity index (χ1n) is 6.92. The number of amides is 1. The third-order valence-corrected chi connectivity index (χ3v) is 3.94. The molecule has 0 bridgehead atoms. The highest BCUT2D eigenvalue weighted by Crippen LogP contribution is 2.24. The van der Waals surface area contributed by atoms with Crippen molar-refractivity contribution in [1.82, 2.24) is 10.6 Å². The summed E-state index contributed by atoms with van der Waals surface area (Å²) in [6.07, 6.45) is 4.59. The molecular weight excluding hydrogens is 212 g/mol. The van der Waals surface area contributed by atoms with Gasteiger partial charge in [0, 0.05) is 6.54 Å². The predicted molar refractivity (Wildman–Crippen MR) is 71.9 cm³/mol. The van der Waals surface area contributed by atoms with E-state index < -0.39 is 0 Å².